The number of halogens is 2. The molecule has 2 aromatic carbocycles. The first-order valence-corrected chi connectivity index (χ1v) is 7.80. The van der Waals surface area contributed by atoms with Crippen molar-refractivity contribution in [3.8, 4) is 5.75 Å². The lowest BCUT2D eigenvalue weighted by Gasteiger charge is -2.07. The van der Waals surface area contributed by atoms with Crippen molar-refractivity contribution < 1.29 is 14.4 Å². The van der Waals surface area contributed by atoms with Gasteiger partial charge in [0.1, 0.15) is 5.75 Å². The lowest BCUT2D eigenvalue weighted by Crippen LogP contribution is -2.16. The molecule has 2 rings (SSSR count). The molecule has 23 heavy (non-hydrogen) atoms. The average molecular weight is 398 g/mol. The molecule has 0 aliphatic carbocycles. The number of hydrogen-bond acceptors (Lipinski definition) is 4. The van der Waals surface area contributed by atoms with Gasteiger partial charge in [-0.15, -0.1) is 0 Å². The van der Waals surface area contributed by atoms with Crippen molar-refractivity contribution in [1.29, 1.82) is 0 Å². The maximum atomic E-state index is 11.7. The van der Waals surface area contributed by atoms with E-state index in [1.54, 1.807) is 18.2 Å². The summed E-state index contributed by atoms with van der Waals surface area (Å²) < 4.78 is 6.02. The molecule has 0 radical (unpaired) electrons. The first-order chi connectivity index (χ1) is 11.1. The molecule has 2 aromatic rings. The summed E-state index contributed by atoms with van der Waals surface area (Å²) in [5, 5.41) is 6.82. The van der Waals surface area contributed by atoms with Crippen LogP contribution in [0, 0.1) is 0 Å². The van der Waals surface area contributed by atoms with Gasteiger partial charge in [-0.05, 0) is 35.9 Å². The lowest BCUT2D eigenvalue weighted by atomic mass is 10.2. The monoisotopic (exact) mass is 396 g/mol. The molecule has 0 aromatic heterocycles. The van der Waals surface area contributed by atoms with Crippen LogP contribution in [0.5, 0.6) is 5.75 Å². The minimum absolute atomic E-state index is 0.198. The maximum Gasteiger partial charge on any atom is 0.265 e. The maximum absolute atomic E-state index is 11.7. The number of hydrogen-bond donors (Lipinski definition) is 1. The van der Waals surface area contributed by atoms with Crippen molar-refractivity contribution in [2.45, 2.75) is 0 Å². The molecule has 0 unspecified atom stereocenters. The number of nitrogens with one attached hydrogen (secondary N) is 1. The van der Waals surface area contributed by atoms with Crippen LogP contribution < -0.4 is 10.1 Å². The molecule has 0 fully saturated rings. The second-order valence-corrected chi connectivity index (χ2v) is 5.78. The summed E-state index contributed by atoms with van der Waals surface area (Å²) in [5.41, 5.74) is 1.43. The number of rotatable bonds is 6. The lowest BCUT2D eigenvalue weighted by molar-refractivity contribution is -0.120. The zero-order chi connectivity index (χ0) is 16.7. The summed E-state index contributed by atoms with van der Waals surface area (Å²) in [6.45, 7) is -0.198. The summed E-state index contributed by atoms with van der Waals surface area (Å²) in [5.74, 6) is 0.208. The fourth-order valence-corrected chi connectivity index (χ4v) is 2.21. The number of amides is 1. The Hall–Kier alpha value is -2.05. The van der Waals surface area contributed by atoms with E-state index < -0.39 is 0 Å². The zero-order valence-corrected chi connectivity index (χ0v) is 14.6. The third kappa shape index (κ3) is 5.58. The molecule has 0 spiro atoms. The van der Waals surface area contributed by atoms with Crippen LogP contribution in [0.15, 0.2) is 52.1 Å². The summed E-state index contributed by atoms with van der Waals surface area (Å²) >= 11 is 9.33. The molecule has 1 N–H and O–H groups in total. The molecular weight excluding hydrogens is 384 g/mol. The minimum Gasteiger partial charge on any atom is -0.495 e. The van der Waals surface area contributed by atoms with Crippen LogP contribution >= 0.6 is 27.5 Å². The van der Waals surface area contributed by atoms with Crippen LogP contribution in [0.4, 0.5) is 5.69 Å². The standard InChI is InChI=1S/C16H14BrClN2O3/c1-22-15-7-6-13(8-14(15)18)20-16(21)10-23-19-9-11-2-4-12(17)5-3-11/h2-9H,10H2,1H3,(H,20,21)/b19-9-. The van der Waals surface area contributed by atoms with E-state index >= 15 is 0 Å². The van der Waals surface area contributed by atoms with Crippen molar-refractivity contribution in [2.75, 3.05) is 19.0 Å². The van der Waals surface area contributed by atoms with Gasteiger partial charge in [0.25, 0.3) is 5.91 Å². The molecule has 0 bridgehead atoms. The summed E-state index contributed by atoms with van der Waals surface area (Å²) in [6, 6.07) is 12.5. The molecule has 0 atom stereocenters. The number of carbonyl (C=O) groups is 1. The van der Waals surface area contributed by atoms with Gasteiger partial charge in [0, 0.05) is 10.2 Å². The number of methoxy groups -OCH3 is 1. The molecule has 0 heterocycles. The van der Waals surface area contributed by atoms with E-state index in [-0.39, 0.29) is 12.5 Å². The van der Waals surface area contributed by atoms with Gasteiger partial charge in [-0.2, -0.15) is 0 Å². The van der Waals surface area contributed by atoms with E-state index in [0.717, 1.165) is 10.0 Å². The van der Waals surface area contributed by atoms with Crippen LogP contribution in [-0.2, 0) is 9.63 Å². The summed E-state index contributed by atoms with van der Waals surface area (Å²) in [4.78, 5) is 16.7. The van der Waals surface area contributed by atoms with Crippen molar-refractivity contribution in [2.24, 2.45) is 5.16 Å². The van der Waals surface area contributed by atoms with Crippen LogP contribution in [-0.4, -0.2) is 25.8 Å². The van der Waals surface area contributed by atoms with Crippen LogP contribution in [0.25, 0.3) is 0 Å². The predicted octanol–water partition coefficient (Wildman–Crippen LogP) is 4.10. The summed E-state index contributed by atoms with van der Waals surface area (Å²) in [6.07, 6.45) is 1.53. The number of benzene rings is 2. The smallest absolute Gasteiger partial charge is 0.265 e. The van der Waals surface area contributed by atoms with Crippen molar-refractivity contribution in [1.82, 2.24) is 0 Å². The Balaban J connectivity index is 1.81. The largest absolute Gasteiger partial charge is 0.495 e. The second kappa shape index (κ2) is 8.55. The Morgan fingerprint density at radius 1 is 1.30 bits per heavy atom. The Kier molecular flexibility index (Phi) is 6.43. The van der Waals surface area contributed by atoms with Crippen LogP contribution in [0.3, 0.4) is 0 Å². The summed E-state index contributed by atoms with van der Waals surface area (Å²) in [7, 11) is 1.52. The SMILES string of the molecule is COc1ccc(NC(=O)CO/N=C\c2ccc(Br)cc2)cc1Cl. The first-order valence-electron chi connectivity index (χ1n) is 6.63. The van der Waals surface area contributed by atoms with Gasteiger partial charge < -0.3 is 14.9 Å². The number of carbonyl (C=O) groups excluding carboxylic acids is 1. The fourth-order valence-electron chi connectivity index (χ4n) is 1.68. The molecule has 0 saturated carbocycles. The number of oxime groups is 1. The van der Waals surface area contributed by atoms with Crippen molar-refractivity contribution >= 4 is 45.3 Å². The average Bonchev–Trinajstić information content (AvgIpc) is 2.53. The third-order valence-electron chi connectivity index (χ3n) is 2.78. The van der Waals surface area contributed by atoms with Gasteiger partial charge in [0.05, 0.1) is 18.3 Å². The fraction of sp³-hybridized carbons (Fsp3) is 0.125. The van der Waals surface area contributed by atoms with Gasteiger partial charge in [0.15, 0.2) is 6.61 Å². The Labute approximate surface area is 147 Å². The zero-order valence-electron chi connectivity index (χ0n) is 12.3. The third-order valence-corrected chi connectivity index (χ3v) is 3.60. The topological polar surface area (TPSA) is 59.9 Å². The molecule has 120 valence electrons. The first kappa shape index (κ1) is 17.3. The van der Waals surface area contributed by atoms with Gasteiger partial charge in [-0.3, -0.25) is 4.79 Å². The number of ether oxygens (including phenoxy) is 1. The molecule has 0 saturated heterocycles. The highest BCUT2D eigenvalue weighted by molar-refractivity contribution is 9.10. The van der Waals surface area contributed by atoms with E-state index in [9.17, 15) is 4.79 Å². The molecule has 7 heteroatoms. The van der Waals surface area contributed by atoms with Gasteiger partial charge in [-0.25, -0.2) is 0 Å². The number of nitrogens with zero attached hydrogens (tertiary/aromatic N) is 1. The van der Waals surface area contributed by atoms with Crippen LogP contribution in [0.1, 0.15) is 5.56 Å². The second-order valence-electron chi connectivity index (χ2n) is 4.46. The van der Waals surface area contributed by atoms with Crippen LogP contribution in [0.2, 0.25) is 5.02 Å². The van der Waals surface area contributed by atoms with E-state index in [0.29, 0.717) is 16.5 Å². The minimum atomic E-state index is -0.334. The van der Waals surface area contributed by atoms with Crippen molar-refractivity contribution in [3.63, 3.8) is 0 Å². The van der Waals surface area contributed by atoms with E-state index in [2.05, 4.69) is 26.4 Å². The molecule has 5 nitrogen and oxygen atoms in total. The highest BCUT2D eigenvalue weighted by atomic mass is 79.9. The van der Waals surface area contributed by atoms with Gasteiger partial charge in [0.2, 0.25) is 0 Å². The predicted molar refractivity (Wildman–Crippen MR) is 94.3 cm³/mol. The Morgan fingerprint density at radius 3 is 2.70 bits per heavy atom. The van der Waals surface area contributed by atoms with E-state index in [4.69, 9.17) is 21.2 Å². The van der Waals surface area contributed by atoms with Crippen molar-refractivity contribution in [3.05, 3.63) is 57.5 Å². The van der Waals surface area contributed by atoms with Gasteiger partial charge >= 0.3 is 0 Å². The quantitative estimate of drug-likeness (QED) is 0.590. The molecule has 0 aliphatic heterocycles. The number of anilines is 1. The molecule has 1 amide bonds. The van der Waals surface area contributed by atoms with E-state index in [1.165, 1.54) is 13.3 Å². The Bertz CT molecular complexity index is 705. The molecular formula is C16H14BrClN2O3. The normalized spacial score (nSPS) is 10.6. The van der Waals surface area contributed by atoms with Gasteiger partial charge in [-0.1, -0.05) is 44.8 Å². The highest BCUT2D eigenvalue weighted by Gasteiger charge is 2.06. The molecule has 0 aliphatic rings. The van der Waals surface area contributed by atoms with E-state index in [1.807, 2.05) is 24.3 Å². The highest BCUT2D eigenvalue weighted by Crippen LogP contribution is 2.27. The Morgan fingerprint density at radius 2 is 2.04 bits per heavy atom.